The number of ether oxygens (including phenoxy) is 1. The van der Waals surface area contributed by atoms with Crippen LogP contribution in [-0.2, 0) is 4.79 Å². The van der Waals surface area contributed by atoms with Gasteiger partial charge in [-0.2, -0.15) is 5.10 Å². The molecule has 0 saturated carbocycles. The zero-order valence-corrected chi connectivity index (χ0v) is 13.1. The summed E-state index contributed by atoms with van der Waals surface area (Å²) >= 11 is 3.53. The fraction of sp³-hybridized carbons (Fsp3) is 0.0625. The van der Waals surface area contributed by atoms with Crippen LogP contribution in [0.25, 0.3) is 16.9 Å². The van der Waals surface area contributed by atoms with Crippen LogP contribution in [0, 0.1) is 0 Å². The number of aromatic nitrogens is 3. The van der Waals surface area contributed by atoms with Gasteiger partial charge in [0, 0.05) is 24.2 Å². The fourth-order valence-corrected chi connectivity index (χ4v) is 2.52. The number of carbonyl (C=O) groups is 1. The summed E-state index contributed by atoms with van der Waals surface area (Å²) < 4.78 is 7.91. The minimum atomic E-state index is 0.0544. The van der Waals surface area contributed by atoms with Crippen molar-refractivity contribution in [3.63, 3.8) is 0 Å². The van der Waals surface area contributed by atoms with Crippen LogP contribution in [-0.4, -0.2) is 27.7 Å². The van der Waals surface area contributed by atoms with E-state index < -0.39 is 0 Å². The van der Waals surface area contributed by atoms with Crippen LogP contribution in [0.4, 0.5) is 0 Å². The molecule has 0 atom stereocenters. The Morgan fingerprint density at radius 3 is 2.55 bits per heavy atom. The minimum Gasteiger partial charge on any atom is -0.486 e. The molecule has 2 aromatic heterocycles. The van der Waals surface area contributed by atoms with Crippen molar-refractivity contribution in [2.45, 2.75) is 0 Å². The van der Waals surface area contributed by atoms with Crippen molar-refractivity contribution >= 4 is 22.2 Å². The molecule has 2 heterocycles. The molecular formula is C16H12BrN3O2. The summed E-state index contributed by atoms with van der Waals surface area (Å²) in [4.78, 5) is 14.3. The van der Waals surface area contributed by atoms with E-state index in [1.54, 1.807) is 29.2 Å². The van der Waals surface area contributed by atoms with Gasteiger partial charge in [-0.3, -0.25) is 9.78 Å². The third-order valence-corrected chi connectivity index (χ3v) is 3.62. The van der Waals surface area contributed by atoms with Gasteiger partial charge in [-0.05, 0) is 52.3 Å². The summed E-state index contributed by atoms with van der Waals surface area (Å²) in [5, 5.41) is 4.59. The number of carbonyl (C=O) groups excluding carboxylic acids is 1. The molecule has 0 spiro atoms. The number of nitrogens with zero attached hydrogens (tertiary/aromatic N) is 3. The average Bonchev–Trinajstić information content (AvgIpc) is 2.96. The first-order valence-electron chi connectivity index (χ1n) is 6.60. The largest absolute Gasteiger partial charge is 0.486 e. The van der Waals surface area contributed by atoms with Crippen molar-refractivity contribution in [3.8, 4) is 22.7 Å². The van der Waals surface area contributed by atoms with Crippen LogP contribution in [0.1, 0.15) is 0 Å². The van der Waals surface area contributed by atoms with E-state index in [-0.39, 0.29) is 6.61 Å². The lowest BCUT2D eigenvalue weighted by Crippen LogP contribution is -1.99. The first-order valence-corrected chi connectivity index (χ1v) is 7.39. The SMILES string of the molecule is O=CCOc1ccc(-n2cc(Br)c(-c3ccncc3)n2)cc1. The van der Waals surface area contributed by atoms with Crippen LogP contribution in [0.5, 0.6) is 5.75 Å². The van der Waals surface area contributed by atoms with Crippen molar-refractivity contribution < 1.29 is 9.53 Å². The number of hydrogen-bond acceptors (Lipinski definition) is 4. The van der Waals surface area contributed by atoms with E-state index in [9.17, 15) is 4.79 Å². The van der Waals surface area contributed by atoms with Crippen molar-refractivity contribution in [2.24, 2.45) is 0 Å². The molecule has 3 aromatic rings. The van der Waals surface area contributed by atoms with Crippen molar-refractivity contribution in [1.82, 2.24) is 14.8 Å². The Kier molecular flexibility index (Phi) is 4.29. The molecule has 0 N–H and O–H groups in total. The van der Waals surface area contributed by atoms with E-state index in [0.717, 1.165) is 27.7 Å². The lowest BCUT2D eigenvalue weighted by Gasteiger charge is -2.04. The molecule has 110 valence electrons. The standard InChI is InChI=1S/C16H12BrN3O2/c17-15-11-20(19-16(15)12-5-7-18-8-6-12)13-1-3-14(4-2-13)22-10-9-21/h1-9,11H,10H2. The summed E-state index contributed by atoms with van der Waals surface area (Å²) in [6, 6.07) is 11.2. The summed E-state index contributed by atoms with van der Waals surface area (Å²) in [6.07, 6.45) is 6.09. The third kappa shape index (κ3) is 3.07. The molecule has 6 heteroatoms. The minimum absolute atomic E-state index is 0.0544. The predicted molar refractivity (Wildman–Crippen MR) is 86.1 cm³/mol. The highest BCUT2D eigenvalue weighted by molar-refractivity contribution is 9.10. The number of pyridine rings is 1. The maximum Gasteiger partial charge on any atom is 0.157 e. The Hall–Kier alpha value is -2.47. The highest BCUT2D eigenvalue weighted by atomic mass is 79.9. The molecule has 0 unspecified atom stereocenters. The molecule has 22 heavy (non-hydrogen) atoms. The van der Waals surface area contributed by atoms with E-state index in [2.05, 4.69) is 26.0 Å². The van der Waals surface area contributed by atoms with Gasteiger partial charge in [0.25, 0.3) is 0 Å². The summed E-state index contributed by atoms with van der Waals surface area (Å²) in [6.45, 7) is 0.0544. The van der Waals surface area contributed by atoms with Gasteiger partial charge in [0.1, 0.15) is 18.1 Å². The number of benzene rings is 1. The van der Waals surface area contributed by atoms with Crippen molar-refractivity contribution in [2.75, 3.05) is 6.61 Å². The fourth-order valence-electron chi connectivity index (χ4n) is 2.02. The number of rotatable bonds is 5. The molecule has 0 amide bonds. The van der Waals surface area contributed by atoms with E-state index in [1.165, 1.54) is 0 Å². The average molecular weight is 358 g/mol. The van der Waals surface area contributed by atoms with Crippen LogP contribution in [0.15, 0.2) is 59.5 Å². The topological polar surface area (TPSA) is 57.0 Å². The van der Waals surface area contributed by atoms with Gasteiger partial charge in [-0.1, -0.05) is 0 Å². The van der Waals surface area contributed by atoms with Gasteiger partial charge < -0.3 is 4.74 Å². The molecule has 0 radical (unpaired) electrons. The molecule has 0 saturated heterocycles. The van der Waals surface area contributed by atoms with Gasteiger partial charge in [0.05, 0.1) is 10.2 Å². The van der Waals surface area contributed by atoms with Gasteiger partial charge in [-0.15, -0.1) is 0 Å². The Morgan fingerprint density at radius 2 is 1.86 bits per heavy atom. The zero-order chi connectivity index (χ0) is 15.4. The summed E-state index contributed by atoms with van der Waals surface area (Å²) in [7, 11) is 0. The molecule has 0 aliphatic carbocycles. The molecule has 3 rings (SSSR count). The quantitative estimate of drug-likeness (QED) is 0.657. The number of aldehydes is 1. The Bertz CT molecular complexity index is 770. The first kappa shape index (κ1) is 14.5. The van der Waals surface area contributed by atoms with E-state index in [0.29, 0.717) is 5.75 Å². The predicted octanol–water partition coefficient (Wildman–Crippen LogP) is 3.27. The summed E-state index contributed by atoms with van der Waals surface area (Å²) in [5.74, 6) is 0.649. The maximum atomic E-state index is 10.3. The van der Waals surface area contributed by atoms with Crippen molar-refractivity contribution in [3.05, 3.63) is 59.5 Å². The molecule has 0 aliphatic heterocycles. The molecule has 0 fully saturated rings. The second kappa shape index (κ2) is 6.53. The molecule has 5 nitrogen and oxygen atoms in total. The van der Waals surface area contributed by atoms with E-state index >= 15 is 0 Å². The Balaban J connectivity index is 1.88. The molecule has 0 aliphatic rings. The maximum absolute atomic E-state index is 10.3. The zero-order valence-electron chi connectivity index (χ0n) is 11.5. The Morgan fingerprint density at radius 1 is 1.14 bits per heavy atom. The van der Waals surface area contributed by atoms with Crippen LogP contribution < -0.4 is 4.74 Å². The van der Waals surface area contributed by atoms with Crippen molar-refractivity contribution in [1.29, 1.82) is 0 Å². The van der Waals surface area contributed by atoms with Gasteiger partial charge in [0.15, 0.2) is 6.29 Å². The summed E-state index contributed by atoms with van der Waals surface area (Å²) in [5.41, 5.74) is 2.75. The highest BCUT2D eigenvalue weighted by Crippen LogP contribution is 2.27. The van der Waals surface area contributed by atoms with Crippen LogP contribution >= 0.6 is 15.9 Å². The number of hydrogen-bond donors (Lipinski definition) is 0. The van der Waals surface area contributed by atoms with Gasteiger partial charge in [0.2, 0.25) is 0 Å². The second-order valence-corrected chi connectivity index (χ2v) is 5.33. The molecular weight excluding hydrogens is 346 g/mol. The normalized spacial score (nSPS) is 10.4. The highest BCUT2D eigenvalue weighted by Gasteiger charge is 2.10. The van der Waals surface area contributed by atoms with Crippen LogP contribution in [0.2, 0.25) is 0 Å². The lowest BCUT2D eigenvalue weighted by atomic mass is 10.2. The van der Waals surface area contributed by atoms with Gasteiger partial charge >= 0.3 is 0 Å². The third-order valence-electron chi connectivity index (χ3n) is 3.04. The van der Waals surface area contributed by atoms with E-state index in [4.69, 9.17) is 4.74 Å². The van der Waals surface area contributed by atoms with Gasteiger partial charge in [-0.25, -0.2) is 4.68 Å². The monoisotopic (exact) mass is 357 g/mol. The van der Waals surface area contributed by atoms with Crippen LogP contribution in [0.3, 0.4) is 0 Å². The first-order chi connectivity index (χ1) is 10.8. The lowest BCUT2D eigenvalue weighted by molar-refractivity contribution is -0.109. The molecule has 1 aromatic carbocycles. The second-order valence-electron chi connectivity index (χ2n) is 4.48. The smallest absolute Gasteiger partial charge is 0.157 e. The Labute approximate surface area is 135 Å². The molecule has 0 bridgehead atoms. The van der Waals surface area contributed by atoms with E-state index in [1.807, 2.05) is 30.5 Å². The number of halogens is 1.